The molecule has 1 aromatic heterocycles. The van der Waals surface area contributed by atoms with E-state index in [0.717, 1.165) is 15.8 Å². The van der Waals surface area contributed by atoms with Crippen molar-refractivity contribution in [1.82, 2.24) is 15.0 Å². The first-order valence-electron chi connectivity index (χ1n) is 4.42. The van der Waals surface area contributed by atoms with Crippen LogP contribution in [-0.2, 0) is 22.5 Å². The maximum Gasteiger partial charge on any atom is 0.327 e. The molecule has 0 N–H and O–H groups in total. The fourth-order valence-electron chi connectivity index (χ4n) is 0.984. The van der Waals surface area contributed by atoms with Crippen LogP contribution >= 0.6 is 22.6 Å². The minimum absolute atomic E-state index is 0.138. The Morgan fingerprint density at radius 2 is 2.29 bits per heavy atom. The lowest BCUT2D eigenvalue weighted by atomic mass is 10.4. The molecule has 6 heteroatoms. The van der Waals surface area contributed by atoms with Crippen LogP contribution in [0.3, 0.4) is 0 Å². The maximum absolute atomic E-state index is 11.1. The van der Waals surface area contributed by atoms with Crippen molar-refractivity contribution in [2.75, 3.05) is 6.61 Å². The molecule has 0 aromatic carbocycles. The van der Waals surface area contributed by atoms with Gasteiger partial charge >= 0.3 is 5.97 Å². The second-order valence-electron chi connectivity index (χ2n) is 2.64. The molecule has 0 saturated carbocycles. The predicted octanol–water partition coefficient (Wildman–Crippen LogP) is 1.01. The minimum Gasteiger partial charge on any atom is -0.465 e. The van der Waals surface area contributed by atoms with Gasteiger partial charge < -0.3 is 4.74 Å². The van der Waals surface area contributed by atoms with Gasteiger partial charge in [0.05, 0.1) is 12.3 Å². The Bertz CT molecular complexity index is 324. The van der Waals surface area contributed by atoms with E-state index < -0.39 is 0 Å². The van der Waals surface area contributed by atoms with Crippen molar-refractivity contribution >= 4 is 28.6 Å². The standard InChI is InChI=1S/C8H12IN3O2/c1-3-6-8(9)12(11-10-6)5-7(13)14-4-2/h3-5H2,1-2H3. The van der Waals surface area contributed by atoms with Crippen molar-refractivity contribution < 1.29 is 9.53 Å². The minimum atomic E-state index is -0.280. The van der Waals surface area contributed by atoms with Gasteiger partial charge in [-0.05, 0) is 35.9 Å². The molecule has 0 aliphatic carbocycles. The predicted molar refractivity (Wildman–Crippen MR) is 58.8 cm³/mol. The Labute approximate surface area is 96.0 Å². The molecule has 0 aliphatic heterocycles. The lowest BCUT2D eigenvalue weighted by Crippen LogP contribution is -2.15. The molecule has 5 nitrogen and oxygen atoms in total. The molecule has 14 heavy (non-hydrogen) atoms. The largest absolute Gasteiger partial charge is 0.465 e. The molecule has 78 valence electrons. The van der Waals surface area contributed by atoms with Gasteiger partial charge in [0.2, 0.25) is 0 Å². The van der Waals surface area contributed by atoms with Crippen LogP contribution in [0.5, 0.6) is 0 Å². The van der Waals surface area contributed by atoms with Crippen molar-refractivity contribution in [2.45, 2.75) is 26.8 Å². The van der Waals surface area contributed by atoms with Gasteiger partial charge in [0.25, 0.3) is 0 Å². The summed E-state index contributed by atoms with van der Waals surface area (Å²) in [6, 6.07) is 0. The summed E-state index contributed by atoms with van der Waals surface area (Å²) >= 11 is 2.13. The van der Waals surface area contributed by atoms with E-state index in [0.29, 0.717) is 6.61 Å². The summed E-state index contributed by atoms with van der Waals surface area (Å²) in [6.07, 6.45) is 0.821. The van der Waals surface area contributed by atoms with E-state index in [9.17, 15) is 4.79 Å². The second-order valence-corrected chi connectivity index (χ2v) is 3.66. The third-order valence-electron chi connectivity index (χ3n) is 1.66. The number of halogens is 1. The lowest BCUT2D eigenvalue weighted by Gasteiger charge is -2.01. The van der Waals surface area contributed by atoms with Crippen LogP contribution in [0.25, 0.3) is 0 Å². The quantitative estimate of drug-likeness (QED) is 0.615. The summed E-state index contributed by atoms with van der Waals surface area (Å²) in [5.74, 6) is -0.280. The summed E-state index contributed by atoms with van der Waals surface area (Å²) in [5, 5.41) is 7.81. The zero-order valence-electron chi connectivity index (χ0n) is 8.16. The zero-order valence-corrected chi connectivity index (χ0v) is 10.3. The highest BCUT2D eigenvalue weighted by Crippen LogP contribution is 2.09. The highest BCUT2D eigenvalue weighted by atomic mass is 127. The zero-order chi connectivity index (χ0) is 10.6. The van der Waals surface area contributed by atoms with E-state index >= 15 is 0 Å². The number of hydrogen-bond donors (Lipinski definition) is 0. The Hall–Kier alpha value is -0.660. The fourth-order valence-corrected chi connectivity index (χ4v) is 1.74. The number of nitrogens with zero attached hydrogens (tertiary/aromatic N) is 3. The summed E-state index contributed by atoms with van der Waals surface area (Å²) in [7, 11) is 0. The van der Waals surface area contributed by atoms with Crippen LogP contribution in [0.4, 0.5) is 0 Å². The summed E-state index contributed by atoms with van der Waals surface area (Å²) < 4.78 is 7.27. The highest BCUT2D eigenvalue weighted by molar-refractivity contribution is 14.1. The van der Waals surface area contributed by atoms with Crippen molar-refractivity contribution in [3.05, 3.63) is 9.39 Å². The molecular weight excluding hydrogens is 297 g/mol. The molecule has 0 saturated heterocycles. The van der Waals surface area contributed by atoms with E-state index in [1.54, 1.807) is 11.6 Å². The first kappa shape index (κ1) is 11.4. The molecular formula is C8H12IN3O2. The molecule has 1 aromatic rings. The van der Waals surface area contributed by atoms with Crippen LogP contribution < -0.4 is 0 Å². The molecule has 1 heterocycles. The van der Waals surface area contributed by atoms with E-state index in [2.05, 4.69) is 32.9 Å². The first-order chi connectivity index (χ1) is 6.69. The van der Waals surface area contributed by atoms with E-state index in [4.69, 9.17) is 4.74 Å². The normalized spacial score (nSPS) is 10.2. The lowest BCUT2D eigenvalue weighted by molar-refractivity contribution is -0.144. The van der Waals surface area contributed by atoms with Gasteiger partial charge in [-0.25, -0.2) is 4.68 Å². The van der Waals surface area contributed by atoms with E-state index in [-0.39, 0.29) is 12.5 Å². The summed E-state index contributed by atoms with van der Waals surface area (Å²) in [6.45, 7) is 4.31. The topological polar surface area (TPSA) is 57.0 Å². The van der Waals surface area contributed by atoms with Crippen molar-refractivity contribution in [1.29, 1.82) is 0 Å². The molecule has 0 aliphatic rings. The Balaban J connectivity index is 2.67. The second kappa shape index (κ2) is 5.28. The third-order valence-corrected chi connectivity index (χ3v) is 2.84. The van der Waals surface area contributed by atoms with Gasteiger partial charge in [-0.15, -0.1) is 5.10 Å². The molecule has 0 spiro atoms. The van der Waals surface area contributed by atoms with Gasteiger partial charge in [-0.1, -0.05) is 12.1 Å². The number of esters is 1. The fraction of sp³-hybridized carbons (Fsp3) is 0.625. The first-order valence-corrected chi connectivity index (χ1v) is 5.50. The molecule has 0 bridgehead atoms. The molecule has 0 fully saturated rings. The number of ether oxygens (including phenoxy) is 1. The number of aromatic nitrogens is 3. The molecule has 0 unspecified atom stereocenters. The number of hydrogen-bond acceptors (Lipinski definition) is 4. The van der Waals surface area contributed by atoms with E-state index in [1.165, 1.54) is 0 Å². The number of carbonyl (C=O) groups is 1. The van der Waals surface area contributed by atoms with E-state index in [1.807, 2.05) is 6.92 Å². The number of carbonyl (C=O) groups excluding carboxylic acids is 1. The van der Waals surface area contributed by atoms with Crippen LogP contribution in [0.1, 0.15) is 19.5 Å². The monoisotopic (exact) mass is 309 g/mol. The van der Waals surface area contributed by atoms with Crippen LogP contribution in [-0.4, -0.2) is 27.6 Å². The summed E-state index contributed by atoms with van der Waals surface area (Å²) in [4.78, 5) is 11.1. The summed E-state index contributed by atoms with van der Waals surface area (Å²) in [5.41, 5.74) is 0.912. The smallest absolute Gasteiger partial charge is 0.327 e. The SMILES string of the molecule is CCOC(=O)Cn1nnc(CC)c1I. The Morgan fingerprint density at radius 1 is 1.57 bits per heavy atom. The molecule has 0 amide bonds. The van der Waals surface area contributed by atoms with Crippen LogP contribution in [0.2, 0.25) is 0 Å². The Morgan fingerprint density at radius 3 is 2.79 bits per heavy atom. The Kier molecular flexibility index (Phi) is 4.30. The third kappa shape index (κ3) is 2.66. The van der Waals surface area contributed by atoms with Crippen molar-refractivity contribution in [3.63, 3.8) is 0 Å². The number of aryl methyl sites for hydroxylation is 1. The number of rotatable bonds is 4. The van der Waals surface area contributed by atoms with Gasteiger partial charge in [-0.3, -0.25) is 4.79 Å². The average molecular weight is 309 g/mol. The molecule has 0 radical (unpaired) electrons. The maximum atomic E-state index is 11.1. The van der Waals surface area contributed by atoms with Crippen molar-refractivity contribution in [3.8, 4) is 0 Å². The van der Waals surface area contributed by atoms with Crippen molar-refractivity contribution in [2.24, 2.45) is 0 Å². The van der Waals surface area contributed by atoms with Gasteiger partial charge in [-0.2, -0.15) is 0 Å². The van der Waals surface area contributed by atoms with Gasteiger partial charge in [0.1, 0.15) is 10.2 Å². The van der Waals surface area contributed by atoms with Crippen LogP contribution in [0, 0.1) is 3.70 Å². The molecule has 1 rings (SSSR count). The molecule has 0 atom stereocenters. The van der Waals surface area contributed by atoms with Crippen LogP contribution in [0.15, 0.2) is 0 Å². The highest BCUT2D eigenvalue weighted by Gasteiger charge is 2.11. The average Bonchev–Trinajstić information content (AvgIpc) is 2.48. The van der Waals surface area contributed by atoms with Gasteiger partial charge in [0.15, 0.2) is 0 Å². The van der Waals surface area contributed by atoms with Gasteiger partial charge in [0, 0.05) is 0 Å².